The van der Waals surface area contributed by atoms with Crippen molar-refractivity contribution < 1.29 is 0 Å². The quantitative estimate of drug-likeness (QED) is 0.710. The van der Waals surface area contributed by atoms with Crippen LogP contribution in [0.5, 0.6) is 0 Å². The lowest BCUT2D eigenvalue weighted by atomic mass is 9.81. The van der Waals surface area contributed by atoms with Gasteiger partial charge < -0.3 is 0 Å². The molecule has 0 aromatic carbocycles. The monoisotopic (exact) mass is 229 g/mol. The number of rotatable bonds is 1. The van der Waals surface area contributed by atoms with Crippen molar-refractivity contribution in [2.24, 2.45) is 0 Å². The average molecular weight is 229 g/mol. The van der Waals surface area contributed by atoms with Crippen LogP contribution in [0.1, 0.15) is 73.5 Å². The number of aryl methyl sites for hydroxylation is 1. The van der Waals surface area contributed by atoms with Gasteiger partial charge in [-0.05, 0) is 74.0 Å². The van der Waals surface area contributed by atoms with Crippen LogP contribution in [0.25, 0.3) is 0 Å². The van der Waals surface area contributed by atoms with Crippen LogP contribution in [-0.4, -0.2) is 4.98 Å². The van der Waals surface area contributed by atoms with Crippen LogP contribution < -0.4 is 0 Å². The third-order valence-corrected chi connectivity index (χ3v) is 4.38. The molecule has 1 aromatic heterocycles. The molecule has 0 radical (unpaired) electrons. The van der Waals surface area contributed by atoms with Crippen LogP contribution in [0.4, 0.5) is 0 Å². The van der Waals surface area contributed by atoms with E-state index in [0.717, 1.165) is 0 Å². The number of hydrogen-bond acceptors (Lipinski definition) is 1. The maximum absolute atomic E-state index is 5.03. The second-order valence-corrected chi connectivity index (χ2v) is 5.95. The highest BCUT2D eigenvalue weighted by Crippen LogP contribution is 2.34. The molecule has 2 aliphatic rings. The molecule has 0 saturated carbocycles. The first-order valence-corrected chi connectivity index (χ1v) is 7.30. The summed E-state index contributed by atoms with van der Waals surface area (Å²) in [4.78, 5) is 5.03. The number of hydrogen-bond donors (Lipinski definition) is 0. The van der Waals surface area contributed by atoms with E-state index in [-0.39, 0.29) is 0 Å². The molecule has 1 aromatic rings. The van der Waals surface area contributed by atoms with Gasteiger partial charge in [-0.25, -0.2) is 0 Å². The third kappa shape index (κ3) is 1.90. The Hall–Kier alpha value is -0.850. The number of fused-ring (bicyclic) bond motifs is 3. The summed E-state index contributed by atoms with van der Waals surface area (Å²) < 4.78 is 0. The number of nitrogens with zero attached hydrogens (tertiary/aromatic N) is 1. The summed E-state index contributed by atoms with van der Waals surface area (Å²) in [7, 11) is 0. The Morgan fingerprint density at radius 2 is 1.35 bits per heavy atom. The molecule has 0 N–H and O–H groups in total. The van der Waals surface area contributed by atoms with Gasteiger partial charge in [-0.1, -0.05) is 13.8 Å². The van der Waals surface area contributed by atoms with Crippen molar-refractivity contribution in [1.29, 1.82) is 0 Å². The van der Waals surface area contributed by atoms with Gasteiger partial charge in [-0.3, -0.25) is 4.98 Å². The Bertz CT molecular complexity index is 432. The SMILES string of the molecule is CC(C)c1nc2c(c3c1CCCC3)CCCC2. The van der Waals surface area contributed by atoms with Crippen LogP contribution in [0.3, 0.4) is 0 Å². The maximum atomic E-state index is 5.03. The fourth-order valence-electron chi connectivity index (χ4n) is 3.55. The van der Waals surface area contributed by atoms with Crippen molar-refractivity contribution in [3.8, 4) is 0 Å². The van der Waals surface area contributed by atoms with E-state index in [1.807, 2.05) is 0 Å². The van der Waals surface area contributed by atoms with Crippen LogP contribution >= 0.6 is 0 Å². The zero-order chi connectivity index (χ0) is 11.8. The van der Waals surface area contributed by atoms with Gasteiger partial charge in [0.25, 0.3) is 0 Å². The van der Waals surface area contributed by atoms with Crippen molar-refractivity contribution in [2.75, 3.05) is 0 Å². The number of aromatic nitrogens is 1. The standard InChI is InChI=1S/C16H23N/c1-11(2)16-14-9-4-3-7-12(14)13-8-5-6-10-15(13)17-16/h11H,3-10H2,1-2H3. The van der Waals surface area contributed by atoms with E-state index in [2.05, 4.69) is 13.8 Å². The van der Waals surface area contributed by atoms with Crippen molar-refractivity contribution in [3.05, 3.63) is 28.1 Å². The minimum atomic E-state index is 0.592. The van der Waals surface area contributed by atoms with Gasteiger partial charge in [0.05, 0.1) is 0 Å². The second kappa shape index (κ2) is 4.44. The van der Waals surface area contributed by atoms with Gasteiger partial charge in [0.2, 0.25) is 0 Å². The lowest BCUT2D eigenvalue weighted by Crippen LogP contribution is -2.18. The summed E-state index contributed by atoms with van der Waals surface area (Å²) in [6.07, 6.45) is 10.6. The number of pyridine rings is 1. The summed E-state index contributed by atoms with van der Waals surface area (Å²) in [5.74, 6) is 0.592. The minimum Gasteiger partial charge on any atom is -0.257 e. The highest BCUT2D eigenvalue weighted by atomic mass is 14.7. The molecule has 0 bridgehead atoms. The Balaban J connectivity index is 2.18. The molecular formula is C16H23N. The van der Waals surface area contributed by atoms with Crippen LogP contribution in [-0.2, 0) is 25.7 Å². The summed E-state index contributed by atoms with van der Waals surface area (Å²) >= 11 is 0. The lowest BCUT2D eigenvalue weighted by Gasteiger charge is -2.28. The van der Waals surface area contributed by atoms with E-state index in [1.54, 1.807) is 16.7 Å². The van der Waals surface area contributed by atoms with E-state index < -0.39 is 0 Å². The largest absolute Gasteiger partial charge is 0.257 e. The van der Waals surface area contributed by atoms with Crippen molar-refractivity contribution in [2.45, 2.75) is 71.1 Å². The Labute approximate surface area is 105 Å². The van der Waals surface area contributed by atoms with E-state index in [9.17, 15) is 0 Å². The van der Waals surface area contributed by atoms with E-state index in [4.69, 9.17) is 4.98 Å². The van der Waals surface area contributed by atoms with E-state index in [0.29, 0.717) is 5.92 Å². The second-order valence-electron chi connectivity index (χ2n) is 5.95. The average Bonchev–Trinajstić information content (AvgIpc) is 2.37. The van der Waals surface area contributed by atoms with Crippen LogP contribution in [0.2, 0.25) is 0 Å². The molecule has 0 saturated heterocycles. The van der Waals surface area contributed by atoms with Gasteiger partial charge >= 0.3 is 0 Å². The molecule has 0 fully saturated rings. The molecule has 1 heterocycles. The smallest absolute Gasteiger partial charge is 0.0467 e. The molecular weight excluding hydrogens is 206 g/mol. The van der Waals surface area contributed by atoms with Crippen molar-refractivity contribution in [1.82, 2.24) is 4.98 Å². The van der Waals surface area contributed by atoms with Crippen LogP contribution in [0, 0.1) is 0 Å². The van der Waals surface area contributed by atoms with Gasteiger partial charge in [-0.15, -0.1) is 0 Å². The molecule has 0 unspecified atom stereocenters. The summed E-state index contributed by atoms with van der Waals surface area (Å²) in [6.45, 7) is 4.60. The molecule has 0 atom stereocenters. The molecule has 2 aliphatic carbocycles. The molecule has 3 rings (SSSR count). The van der Waals surface area contributed by atoms with E-state index in [1.165, 1.54) is 62.8 Å². The molecule has 1 heteroatoms. The molecule has 0 amide bonds. The lowest BCUT2D eigenvalue weighted by molar-refractivity contribution is 0.607. The Morgan fingerprint density at radius 1 is 0.765 bits per heavy atom. The highest BCUT2D eigenvalue weighted by Gasteiger charge is 2.24. The zero-order valence-electron chi connectivity index (χ0n) is 11.2. The first-order valence-electron chi connectivity index (χ1n) is 7.30. The van der Waals surface area contributed by atoms with Gasteiger partial charge in [0, 0.05) is 11.4 Å². The summed E-state index contributed by atoms with van der Waals surface area (Å²) in [5, 5.41) is 0. The van der Waals surface area contributed by atoms with Crippen LogP contribution in [0.15, 0.2) is 0 Å². The molecule has 0 aliphatic heterocycles. The van der Waals surface area contributed by atoms with Crippen molar-refractivity contribution >= 4 is 0 Å². The van der Waals surface area contributed by atoms with Gasteiger partial charge in [-0.2, -0.15) is 0 Å². The van der Waals surface area contributed by atoms with E-state index >= 15 is 0 Å². The molecule has 1 nitrogen and oxygen atoms in total. The molecule has 17 heavy (non-hydrogen) atoms. The fraction of sp³-hybridized carbons (Fsp3) is 0.688. The molecule has 0 spiro atoms. The minimum absolute atomic E-state index is 0.592. The highest BCUT2D eigenvalue weighted by molar-refractivity contribution is 5.44. The maximum Gasteiger partial charge on any atom is 0.0467 e. The van der Waals surface area contributed by atoms with Crippen molar-refractivity contribution in [3.63, 3.8) is 0 Å². The first kappa shape index (κ1) is 11.3. The predicted octanol–water partition coefficient (Wildman–Crippen LogP) is 3.96. The fourth-order valence-corrected chi connectivity index (χ4v) is 3.55. The Morgan fingerprint density at radius 3 is 2.06 bits per heavy atom. The topological polar surface area (TPSA) is 12.9 Å². The predicted molar refractivity (Wildman–Crippen MR) is 71.6 cm³/mol. The zero-order valence-corrected chi connectivity index (χ0v) is 11.2. The first-order chi connectivity index (χ1) is 8.27. The summed E-state index contributed by atoms with van der Waals surface area (Å²) in [6, 6.07) is 0. The molecule has 92 valence electrons. The van der Waals surface area contributed by atoms with Gasteiger partial charge in [0.15, 0.2) is 0 Å². The van der Waals surface area contributed by atoms with Gasteiger partial charge in [0.1, 0.15) is 0 Å². The Kier molecular flexibility index (Phi) is 2.94. The normalized spacial score (nSPS) is 19.0. The third-order valence-electron chi connectivity index (χ3n) is 4.38. The summed E-state index contributed by atoms with van der Waals surface area (Å²) in [5.41, 5.74) is 7.85.